The van der Waals surface area contributed by atoms with E-state index in [1.165, 1.54) is 4.70 Å². The van der Waals surface area contributed by atoms with Crippen LogP contribution >= 0.6 is 11.3 Å². The Hall–Kier alpha value is -2.19. The highest BCUT2D eigenvalue weighted by atomic mass is 32.1. The van der Waals surface area contributed by atoms with Gasteiger partial charge in [0, 0.05) is 45.2 Å². The molecule has 0 saturated carbocycles. The molecule has 3 heterocycles. The molecule has 0 bridgehead atoms. The van der Waals surface area contributed by atoms with E-state index in [9.17, 15) is 9.59 Å². The maximum absolute atomic E-state index is 12.9. The van der Waals surface area contributed by atoms with Crippen LogP contribution in [0.25, 0.3) is 10.2 Å². The first-order valence-corrected chi connectivity index (χ1v) is 11.2. The first-order chi connectivity index (χ1) is 14.1. The molecule has 2 fully saturated rings. The Bertz CT molecular complexity index is 829. The minimum absolute atomic E-state index is 0.181. The average molecular weight is 417 g/mol. The van der Waals surface area contributed by atoms with E-state index in [1.807, 2.05) is 24.0 Å². The smallest absolute Gasteiger partial charge is 0.409 e. The normalized spacial score (nSPS) is 20.8. The monoisotopic (exact) mass is 416 g/mol. The number of carbonyl (C=O) groups excluding carboxylic acids is 2. The Morgan fingerprint density at radius 2 is 1.93 bits per heavy atom. The van der Waals surface area contributed by atoms with E-state index < -0.39 is 0 Å². The van der Waals surface area contributed by atoms with Crippen LogP contribution in [-0.4, -0.2) is 84.1 Å². The van der Waals surface area contributed by atoms with Gasteiger partial charge >= 0.3 is 6.09 Å². The lowest BCUT2D eigenvalue weighted by Gasteiger charge is -2.36. The molecule has 7 nitrogen and oxygen atoms in total. The van der Waals surface area contributed by atoms with Gasteiger partial charge in [-0.1, -0.05) is 12.1 Å². The molecule has 4 rings (SSSR count). The molecule has 2 aliphatic rings. The summed E-state index contributed by atoms with van der Waals surface area (Å²) in [6.45, 7) is 6.84. The van der Waals surface area contributed by atoms with Crippen LogP contribution in [0.3, 0.4) is 0 Å². The molecule has 2 saturated heterocycles. The van der Waals surface area contributed by atoms with Crippen LogP contribution in [0, 0.1) is 0 Å². The van der Waals surface area contributed by atoms with Gasteiger partial charge in [-0.2, -0.15) is 0 Å². The molecular formula is C21H28N4O3S. The summed E-state index contributed by atoms with van der Waals surface area (Å²) in [5, 5.41) is 1.15. The standard InChI is InChI=1S/C21H28N4O3S/c1-2-28-21(27)24-12-10-23(11-13-24)15-19(26)25-9-5-6-16(14-25)20-22-17-7-3-4-8-18(17)29-20/h3-4,7-8,16H,2,5-6,9-15H2,1H3/t16-/m1/s1. The van der Waals surface area contributed by atoms with Crippen molar-refractivity contribution in [1.82, 2.24) is 19.7 Å². The third kappa shape index (κ3) is 4.70. The van der Waals surface area contributed by atoms with E-state index in [0.717, 1.165) is 36.5 Å². The molecule has 1 aromatic heterocycles. The van der Waals surface area contributed by atoms with Crippen LogP contribution in [0.2, 0.25) is 0 Å². The van der Waals surface area contributed by atoms with Gasteiger partial charge in [0.2, 0.25) is 5.91 Å². The number of carbonyl (C=O) groups is 2. The van der Waals surface area contributed by atoms with Crippen LogP contribution in [0.4, 0.5) is 4.79 Å². The molecular weight excluding hydrogens is 388 g/mol. The number of amides is 2. The number of hydrogen-bond acceptors (Lipinski definition) is 6. The molecule has 1 aromatic carbocycles. The molecule has 1 atom stereocenters. The van der Waals surface area contributed by atoms with Gasteiger partial charge in [-0.25, -0.2) is 9.78 Å². The minimum atomic E-state index is -0.256. The SMILES string of the molecule is CCOC(=O)N1CCN(CC(=O)N2CCC[C@@H](c3nc4ccccc4s3)C2)CC1. The third-order valence-corrected chi connectivity index (χ3v) is 6.89. The minimum Gasteiger partial charge on any atom is -0.450 e. The van der Waals surface area contributed by atoms with Gasteiger partial charge in [-0.3, -0.25) is 9.69 Å². The molecule has 8 heteroatoms. The quantitative estimate of drug-likeness (QED) is 0.767. The summed E-state index contributed by atoms with van der Waals surface area (Å²) in [4.78, 5) is 35.4. The molecule has 2 amide bonds. The predicted octanol–water partition coefficient (Wildman–Crippen LogP) is 2.78. The fraction of sp³-hybridized carbons (Fsp3) is 0.571. The molecule has 29 heavy (non-hydrogen) atoms. The third-order valence-electron chi connectivity index (χ3n) is 5.69. The van der Waals surface area contributed by atoms with E-state index in [1.54, 1.807) is 16.2 Å². The zero-order valence-electron chi connectivity index (χ0n) is 16.9. The van der Waals surface area contributed by atoms with E-state index in [-0.39, 0.29) is 12.0 Å². The first-order valence-electron chi connectivity index (χ1n) is 10.4. The number of aromatic nitrogens is 1. The summed E-state index contributed by atoms with van der Waals surface area (Å²) in [7, 11) is 0. The summed E-state index contributed by atoms with van der Waals surface area (Å²) < 4.78 is 6.27. The van der Waals surface area contributed by atoms with Crippen LogP contribution < -0.4 is 0 Å². The van der Waals surface area contributed by atoms with Crippen molar-refractivity contribution in [2.45, 2.75) is 25.7 Å². The van der Waals surface area contributed by atoms with Crippen LogP contribution in [0.5, 0.6) is 0 Å². The first kappa shape index (κ1) is 20.1. The summed E-state index contributed by atoms with van der Waals surface area (Å²) in [6.07, 6.45) is 1.85. The molecule has 0 radical (unpaired) electrons. The number of nitrogens with zero attached hydrogens (tertiary/aromatic N) is 4. The highest BCUT2D eigenvalue weighted by Crippen LogP contribution is 2.33. The van der Waals surface area contributed by atoms with E-state index in [4.69, 9.17) is 9.72 Å². The molecule has 0 aliphatic carbocycles. The lowest BCUT2D eigenvalue weighted by molar-refractivity contribution is -0.134. The van der Waals surface area contributed by atoms with Crippen molar-refractivity contribution >= 4 is 33.6 Å². The number of ether oxygens (including phenoxy) is 1. The molecule has 2 aromatic rings. The van der Waals surface area contributed by atoms with Crippen molar-refractivity contribution in [3.8, 4) is 0 Å². The Kier molecular flexibility index (Phi) is 6.30. The average Bonchev–Trinajstić information content (AvgIpc) is 3.19. The van der Waals surface area contributed by atoms with Crippen LogP contribution in [-0.2, 0) is 9.53 Å². The number of thiazole rings is 1. The van der Waals surface area contributed by atoms with Crippen LogP contribution in [0.15, 0.2) is 24.3 Å². The molecule has 0 spiro atoms. The summed E-state index contributed by atoms with van der Waals surface area (Å²) in [5.41, 5.74) is 1.05. The van der Waals surface area contributed by atoms with Crippen LogP contribution in [0.1, 0.15) is 30.7 Å². The van der Waals surface area contributed by atoms with E-state index in [0.29, 0.717) is 45.2 Å². The van der Waals surface area contributed by atoms with Crippen molar-refractivity contribution in [1.29, 1.82) is 0 Å². The van der Waals surface area contributed by atoms with Gasteiger partial charge in [0.1, 0.15) is 0 Å². The van der Waals surface area contributed by atoms with Gasteiger partial charge < -0.3 is 14.5 Å². The summed E-state index contributed by atoms with van der Waals surface area (Å²) in [6, 6.07) is 8.22. The lowest BCUT2D eigenvalue weighted by Crippen LogP contribution is -2.52. The Morgan fingerprint density at radius 1 is 1.14 bits per heavy atom. The van der Waals surface area contributed by atoms with E-state index in [2.05, 4.69) is 17.0 Å². The highest BCUT2D eigenvalue weighted by molar-refractivity contribution is 7.18. The Morgan fingerprint density at radius 3 is 2.69 bits per heavy atom. The number of para-hydroxylation sites is 1. The zero-order chi connectivity index (χ0) is 20.2. The molecule has 156 valence electrons. The van der Waals surface area contributed by atoms with Crippen molar-refractivity contribution < 1.29 is 14.3 Å². The van der Waals surface area contributed by atoms with Crippen molar-refractivity contribution in [3.63, 3.8) is 0 Å². The Balaban J connectivity index is 1.30. The summed E-state index contributed by atoms with van der Waals surface area (Å²) >= 11 is 1.75. The zero-order valence-corrected chi connectivity index (χ0v) is 17.7. The number of piperidine rings is 1. The van der Waals surface area contributed by atoms with Crippen molar-refractivity contribution in [3.05, 3.63) is 29.3 Å². The molecule has 0 unspecified atom stereocenters. The largest absolute Gasteiger partial charge is 0.450 e. The number of likely N-dealkylation sites (tertiary alicyclic amines) is 1. The highest BCUT2D eigenvalue weighted by Gasteiger charge is 2.29. The van der Waals surface area contributed by atoms with E-state index >= 15 is 0 Å². The fourth-order valence-corrected chi connectivity index (χ4v) is 5.16. The van der Waals surface area contributed by atoms with Crippen molar-refractivity contribution in [2.75, 3.05) is 52.4 Å². The van der Waals surface area contributed by atoms with Gasteiger partial charge in [-0.05, 0) is 31.9 Å². The second-order valence-corrected chi connectivity index (χ2v) is 8.72. The number of rotatable bonds is 4. The maximum atomic E-state index is 12.9. The second kappa shape index (κ2) is 9.09. The van der Waals surface area contributed by atoms with Gasteiger partial charge in [0.15, 0.2) is 0 Å². The maximum Gasteiger partial charge on any atom is 0.409 e. The predicted molar refractivity (Wildman–Crippen MR) is 113 cm³/mol. The summed E-state index contributed by atoms with van der Waals surface area (Å²) in [5.74, 6) is 0.506. The number of hydrogen-bond donors (Lipinski definition) is 0. The fourth-order valence-electron chi connectivity index (χ4n) is 4.06. The number of benzene rings is 1. The molecule has 0 N–H and O–H groups in total. The topological polar surface area (TPSA) is 66.0 Å². The van der Waals surface area contributed by atoms with Gasteiger partial charge in [0.25, 0.3) is 0 Å². The molecule has 2 aliphatic heterocycles. The van der Waals surface area contributed by atoms with Crippen molar-refractivity contribution in [2.24, 2.45) is 0 Å². The Labute approximate surface area is 175 Å². The second-order valence-electron chi connectivity index (χ2n) is 7.66. The number of piperazine rings is 1. The van der Waals surface area contributed by atoms with Gasteiger partial charge in [0.05, 0.1) is 28.4 Å². The lowest BCUT2D eigenvalue weighted by atomic mass is 9.98. The van der Waals surface area contributed by atoms with Gasteiger partial charge in [-0.15, -0.1) is 11.3 Å². The number of fused-ring (bicyclic) bond motifs is 1.